The van der Waals surface area contributed by atoms with Crippen LogP contribution in [0.1, 0.15) is 19.4 Å². The van der Waals surface area contributed by atoms with Gasteiger partial charge in [0, 0.05) is 55.8 Å². The number of nitrogens with one attached hydrogen (secondary N) is 2. The number of hydrogen-bond donors (Lipinski definition) is 2. The predicted molar refractivity (Wildman–Crippen MR) is 109 cm³/mol. The van der Waals surface area contributed by atoms with Crippen LogP contribution in [0, 0.1) is 0 Å². The molecule has 1 aliphatic rings. The first-order valence-corrected chi connectivity index (χ1v) is 9.68. The van der Waals surface area contributed by atoms with Crippen LogP contribution in [0.4, 0.5) is 0 Å². The second-order valence-electron chi connectivity index (χ2n) is 8.13. The summed E-state index contributed by atoms with van der Waals surface area (Å²) in [5.74, 6) is 0.837. The van der Waals surface area contributed by atoms with Gasteiger partial charge in [0.05, 0.1) is 6.20 Å². The Morgan fingerprint density at radius 3 is 2.74 bits per heavy atom. The molecule has 2 N–H and O–H groups in total. The van der Waals surface area contributed by atoms with Crippen LogP contribution in [0.15, 0.2) is 40.9 Å². The number of piperazine rings is 1. The highest BCUT2D eigenvalue weighted by molar-refractivity contribution is 5.82. The van der Waals surface area contributed by atoms with Crippen molar-refractivity contribution in [1.82, 2.24) is 25.3 Å². The SMILES string of the molecule is CN1CCN(C(C)(C)CNCc2cn[nH]c2-c2cc3ccccc3o2)CC1. The number of H-pyrrole nitrogens is 1. The molecule has 0 saturated carbocycles. The van der Waals surface area contributed by atoms with Crippen molar-refractivity contribution in [1.29, 1.82) is 0 Å². The van der Waals surface area contributed by atoms with E-state index in [2.05, 4.69) is 58.3 Å². The van der Waals surface area contributed by atoms with Crippen LogP contribution < -0.4 is 5.32 Å². The first kappa shape index (κ1) is 18.2. The van der Waals surface area contributed by atoms with Crippen molar-refractivity contribution in [3.63, 3.8) is 0 Å². The molecule has 0 radical (unpaired) electrons. The Labute approximate surface area is 160 Å². The van der Waals surface area contributed by atoms with Gasteiger partial charge in [-0.25, -0.2) is 0 Å². The van der Waals surface area contributed by atoms with Crippen molar-refractivity contribution in [2.75, 3.05) is 39.8 Å². The summed E-state index contributed by atoms with van der Waals surface area (Å²) < 4.78 is 5.99. The second kappa shape index (κ2) is 7.46. The van der Waals surface area contributed by atoms with Crippen LogP contribution in [0.5, 0.6) is 0 Å². The van der Waals surface area contributed by atoms with Crippen molar-refractivity contribution in [2.45, 2.75) is 25.9 Å². The molecule has 0 unspecified atom stereocenters. The molecule has 1 aliphatic heterocycles. The highest BCUT2D eigenvalue weighted by Crippen LogP contribution is 2.28. The summed E-state index contributed by atoms with van der Waals surface area (Å²) in [5.41, 5.74) is 3.11. The van der Waals surface area contributed by atoms with Crippen LogP contribution in [-0.2, 0) is 6.54 Å². The molecule has 6 nitrogen and oxygen atoms in total. The smallest absolute Gasteiger partial charge is 0.153 e. The largest absolute Gasteiger partial charge is 0.454 e. The highest BCUT2D eigenvalue weighted by Gasteiger charge is 2.28. The van der Waals surface area contributed by atoms with E-state index in [1.807, 2.05) is 24.4 Å². The molecule has 27 heavy (non-hydrogen) atoms. The fraction of sp³-hybridized carbons (Fsp3) is 0.476. The molecule has 6 heteroatoms. The van der Waals surface area contributed by atoms with E-state index >= 15 is 0 Å². The number of likely N-dealkylation sites (N-methyl/N-ethyl adjacent to an activating group) is 1. The summed E-state index contributed by atoms with van der Waals surface area (Å²) in [4.78, 5) is 4.97. The van der Waals surface area contributed by atoms with Gasteiger partial charge >= 0.3 is 0 Å². The number of fused-ring (bicyclic) bond motifs is 1. The maximum Gasteiger partial charge on any atom is 0.153 e. The minimum absolute atomic E-state index is 0.129. The molecule has 0 atom stereocenters. The summed E-state index contributed by atoms with van der Waals surface area (Å²) in [6, 6.07) is 10.1. The van der Waals surface area contributed by atoms with Crippen molar-refractivity contribution < 1.29 is 4.42 Å². The third kappa shape index (κ3) is 3.93. The van der Waals surface area contributed by atoms with Crippen molar-refractivity contribution in [3.8, 4) is 11.5 Å². The first-order chi connectivity index (χ1) is 13.0. The number of furan rings is 1. The Morgan fingerprint density at radius 2 is 1.96 bits per heavy atom. The van der Waals surface area contributed by atoms with Crippen molar-refractivity contribution in [3.05, 3.63) is 42.1 Å². The van der Waals surface area contributed by atoms with Gasteiger partial charge in [-0.2, -0.15) is 5.10 Å². The van der Waals surface area contributed by atoms with Crippen LogP contribution >= 0.6 is 0 Å². The Kier molecular flexibility index (Phi) is 5.04. The zero-order chi connectivity index (χ0) is 18.9. The summed E-state index contributed by atoms with van der Waals surface area (Å²) in [6.07, 6.45) is 1.89. The lowest BCUT2D eigenvalue weighted by molar-refractivity contribution is 0.0618. The maximum absolute atomic E-state index is 5.99. The molecule has 0 aliphatic carbocycles. The van der Waals surface area contributed by atoms with Crippen molar-refractivity contribution in [2.24, 2.45) is 0 Å². The van der Waals surface area contributed by atoms with Gasteiger partial charge in [-0.3, -0.25) is 10.00 Å². The molecule has 2 aromatic heterocycles. The first-order valence-electron chi connectivity index (χ1n) is 9.68. The van der Waals surface area contributed by atoms with E-state index in [4.69, 9.17) is 4.42 Å². The zero-order valence-electron chi connectivity index (χ0n) is 16.5. The molecule has 1 aromatic carbocycles. The minimum Gasteiger partial charge on any atom is -0.454 e. The molecular weight excluding hydrogens is 338 g/mol. The summed E-state index contributed by atoms with van der Waals surface area (Å²) in [7, 11) is 2.20. The van der Waals surface area contributed by atoms with E-state index in [0.717, 1.165) is 67.3 Å². The summed E-state index contributed by atoms with van der Waals surface area (Å²) in [5, 5.41) is 12.1. The fourth-order valence-corrected chi connectivity index (χ4v) is 3.79. The average molecular weight is 367 g/mol. The van der Waals surface area contributed by atoms with E-state index < -0.39 is 0 Å². The van der Waals surface area contributed by atoms with Gasteiger partial charge in [0.2, 0.25) is 0 Å². The number of nitrogens with zero attached hydrogens (tertiary/aromatic N) is 3. The third-order valence-electron chi connectivity index (χ3n) is 5.62. The van der Waals surface area contributed by atoms with Gasteiger partial charge in [-0.05, 0) is 33.0 Å². The van der Waals surface area contributed by atoms with Crippen LogP contribution in [-0.4, -0.2) is 65.3 Å². The van der Waals surface area contributed by atoms with E-state index in [9.17, 15) is 0 Å². The molecule has 0 amide bonds. The van der Waals surface area contributed by atoms with E-state index in [0.29, 0.717) is 0 Å². The Morgan fingerprint density at radius 1 is 1.19 bits per heavy atom. The molecule has 1 fully saturated rings. The van der Waals surface area contributed by atoms with E-state index in [1.165, 1.54) is 0 Å². The maximum atomic E-state index is 5.99. The lowest BCUT2D eigenvalue weighted by atomic mass is 10.0. The molecule has 3 heterocycles. The lowest BCUT2D eigenvalue weighted by Crippen LogP contribution is -2.57. The van der Waals surface area contributed by atoms with Gasteiger partial charge in [-0.15, -0.1) is 0 Å². The minimum atomic E-state index is 0.129. The van der Waals surface area contributed by atoms with E-state index in [1.54, 1.807) is 0 Å². The summed E-state index contributed by atoms with van der Waals surface area (Å²) in [6.45, 7) is 10.9. The molecule has 4 rings (SSSR count). The van der Waals surface area contributed by atoms with Gasteiger partial charge in [0.1, 0.15) is 11.3 Å². The zero-order valence-corrected chi connectivity index (χ0v) is 16.5. The molecule has 144 valence electrons. The Hall–Kier alpha value is -2.15. The normalized spacial score (nSPS) is 17.0. The molecule has 3 aromatic rings. The van der Waals surface area contributed by atoms with Gasteiger partial charge in [0.25, 0.3) is 0 Å². The lowest BCUT2D eigenvalue weighted by Gasteiger charge is -2.43. The second-order valence-corrected chi connectivity index (χ2v) is 8.13. The molecular formula is C21H29N5O. The van der Waals surface area contributed by atoms with Gasteiger partial charge in [-0.1, -0.05) is 18.2 Å². The summed E-state index contributed by atoms with van der Waals surface area (Å²) >= 11 is 0. The monoisotopic (exact) mass is 367 g/mol. The van der Waals surface area contributed by atoms with E-state index in [-0.39, 0.29) is 5.54 Å². The van der Waals surface area contributed by atoms with Crippen LogP contribution in [0.25, 0.3) is 22.4 Å². The van der Waals surface area contributed by atoms with Crippen LogP contribution in [0.2, 0.25) is 0 Å². The number of hydrogen-bond acceptors (Lipinski definition) is 5. The highest BCUT2D eigenvalue weighted by atomic mass is 16.3. The number of aromatic nitrogens is 2. The molecule has 0 bridgehead atoms. The number of rotatable bonds is 6. The van der Waals surface area contributed by atoms with Gasteiger partial charge < -0.3 is 14.6 Å². The average Bonchev–Trinajstić information content (AvgIpc) is 3.28. The number of benzene rings is 1. The Balaban J connectivity index is 1.40. The predicted octanol–water partition coefficient (Wildman–Crippen LogP) is 2.94. The fourth-order valence-electron chi connectivity index (χ4n) is 3.79. The van der Waals surface area contributed by atoms with Crippen molar-refractivity contribution >= 4 is 11.0 Å². The third-order valence-corrected chi connectivity index (χ3v) is 5.62. The Bertz CT molecular complexity index is 856. The quantitative estimate of drug-likeness (QED) is 0.701. The standard InChI is InChI=1S/C21H29N5O/c1-21(2,26-10-8-25(3)9-11-26)15-22-13-17-14-23-24-20(17)19-12-16-6-4-5-7-18(16)27-19/h4-7,12,14,22H,8-11,13,15H2,1-3H3,(H,23,24). The number of aromatic amines is 1. The molecule has 0 spiro atoms. The van der Waals surface area contributed by atoms with Gasteiger partial charge in [0.15, 0.2) is 5.76 Å². The number of para-hydroxylation sites is 1. The topological polar surface area (TPSA) is 60.3 Å². The van der Waals surface area contributed by atoms with Crippen LogP contribution in [0.3, 0.4) is 0 Å². The molecule has 1 saturated heterocycles.